The van der Waals surface area contributed by atoms with Crippen LogP contribution in [0.2, 0.25) is 10.0 Å². The van der Waals surface area contributed by atoms with Crippen LogP contribution in [-0.2, 0) is 6.54 Å². The van der Waals surface area contributed by atoms with Gasteiger partial charge in [0, 0.05) is 12.2 Å². The molecule has 2 nitrogen and oxygen atoms in total. The summed E-state index contributed by atoms with van der Waals surface area (Å²) in [5.74, 6) is 0. The largest absolute Gasteiger partial charge is 0.381 e. The second kappa shape index (κ2) is 5.37. The Hall–Kier alpha value is -1.29. The summed E-state index contributed by atoms with van der Waals surface area (Å²) in [5.41, 5.74) is 4.91. The Morgan fingerprint density at radius 1 is 1.16 bits per heavy atom. The summed E-state index contributed by atoms with van der Waals surface area (Å²) in [7, 11) is 0. The van der Waals surface area contributed by atoms with Gasteiger partial charge in [-0.3, -0.25) is 0 Å². The van der Waals surface area contributed by atoms with Gasteiger partial charge >= 0.3 is 0 Å². The number of nitrogens with zero attached hydrogens (tertiary/aromatic N) is 1. The predicted molar refractivity (Wildman–Crippen MR) is 83.4 cm³/mol. The van der Waals surface area contributed by atoms with E-state index in [1.54, 1.807) is 17.4 Å². The van der Waals surface area contributed by atoms with Crippen LogP contribution in [-0.4, -0.2) is 4.98 Å². The lowest BCUT2D eigenvalue weighted by atomic mass is 10.2. The van der Waals surface area contributed by atoms with Crippen molar-refractivity contribution in [2.24, 2.45) is 0 Å². The number of nitrogens with one attached hydrogen (secondary N) is 1. The Morgan fingerprint density at radius 3 is 2.95 bits per heavy atom. The van der Waals surface area contributed by atoms with Crippen molar-refractivity contribution < 1.29 is 0 Å². The minimum atomic E-state index is 0.582. The van der Waals surface area contributed by atoms with Gasteiger partial charge in [-0.1, -0.05) is 35.3 Å². The molecule has 19 heavy (non-hydrogen) atoms. The second-order valence-electron chi connectivity index (χ2n) is 4.10. The Bertz CT molecular complexity index is 724. The fourth-order valence-electron chi connectivity index (χ4n) is 1.85. The van der Waals surface area contributed by atoms with E-state index in [9.17, 15) is 0 Å². The highest BCUT2D eigenvalue weighted by Gasteiger charge is 2.04. The first-order valence-corrected chi connectivity index (χ1v) is 7.37. The topological polar surface area (TPSA) is 24.9 Å². The van der Waals surface area contributed by atoms with Crippen molar-refractivity contribution in [3.8, 4) is 0 Å². The maximum atomic E-state index is 6.16. The number of aromatic nitrogens is 1. The van der Waals surface area contributed by atoms with Gasteiger partial charge in [-0.25, -0.2) is 4.98 Å². The predicted octanol–water partition coefficient (Wildman–Crippen LogP) is 5.22. The van der Waals surface area contributed by atoms with E-state index in [-0.39, 0.29) is 0 Å². The molecule has 3 rings (SSSR count). The molecule has 3 aromatic rings. The van der Waals surface area contributed by atoms with Crippen molar-refractivity contribution in [1.29, 1.82) is 0 Å². The Kier molecular flexibility index (Phi) is 3.60. The quantitative estimate of drug-likeness (QED) is 0.718. The van der Waals surface area contributed by atoms with Gasteiger partial charge in [0.05, 0.1) is 25.8 Å². The number of thiazole rings is 1. The van der Waals surface area contributed by atoms with Crippen LogP contribution < -0.4 is 5.32 Å². The summed E-state index contributed by atoms with van der Waals surface area (Å²) in [6, 6.07) is 11.8. The Morgan fingerprint density at radius 2 is 2.05 bits per heavy atom. The first-order chi connectivity index (χ1) is 9.24. The molecule has 0 fully saturated rings. The summed E-state index contributed by atoms with van der Waals surface area (Å²) in [6.45, 7) is 0.643. The van der Waals surface area contributed by atoms with Gasteiger partial charge in [-0.15, -0.1) is 11.3 Å². The third-order valence-corrected chi connectivity index (χ3v) is 4.50. The molecule has 0 aliphatic carbocycles. The smallest absolute Gasteiger partial charge is 0.0813 e. The molecule has 96 valence electrons. The van der Waals surface area contributed by atoms with Crippen LogP contribution >= 0.6 is 34.5 Å². The molecule has 0 bridgehead atoms. The van der Waals surface area contributed by atoms with E-state index >= 15 is 0 Å². The van der Waals surface area contributed by atoms with Crippen molar-refractivity contribution in [2.75, 3.05) is 5.32 Å². The van der Waals surface area contributed by atoms with Crippen molar-refractivity contribution in [2.45, 2.75) is 6.54 Å². The van der Waals surface area contributed by atoms with Gasteiger partial charge in [0.2, 0.25) is 0 Å². The molecule has 2 aromatic carbocycles. The van der Waals surface area contributed by atoms with Crippen LogP contribution in [0.1, 0.15) is 5.56 Å². The molecule has 0 unspecified atom stereocenters. The van der Waals surface area contributed by atoms with E-state index in [4.69, 9.17) is 23.2 Å². The van der Waals surface area contributed by atoms with Crippen LogP contribution in [0.25, 0.3) is 10.2 Å². The van der Waals surface area contributed by atoms with Crippen LogP contribution in [0.15, 0.2) is 41.9 Å². The fourth-order valence-corrected chi connectivity index (χ4v) is 2.95. The van der Waals surface area contributed by atoms with Crippen LogP contribution in [0.4, 0.5) is 5.69 Å². The van der Waals surface area contributed by atoms with E-state index in [2.05, 4.69) is 16.4 Å². The number of hydrogen-bond acceptors (Lipinski definition) is 3. The van der Waals surface area contributed by atoms with Gasteiger partial charge < -0.3 is 5.32 Å². The monoisotopic (exact) mass is 308 g/mol. The molecule has 1 aromatic heterocycles. The Labute approximate surface area is 125 Å². The summed E-state index contributed by atoms with van der Waals surface area (Å²) in [6.07, 6.45) is 0. The maximum Gasteiger partial charge on any atom is 0.0813 e. The SMILES string of the molecule is Clc1cccc(CNc2ccc3ncsc3c2)c1Cl. The highest BCUT2D eigenvalue weighted by molar-refractivity contribution is 7.16. The zero-order chi connectivity index (χ0) is 13.2. The number of fused-ring (bicyclic) bond motifs is 1. The summed E-state index contributed by atoms with van der Waals surface area (Å²) < 4.78 is 1.17. The molecular weight excluding hydrogens is 299 g/mol. The molecule has 0 spiro atoms. The van der Waals surface area contributed by atoms with E-state index < -0.39 is 0 Å². The van der Waals surface area contributed by atoms with Crippen molar-refractivity contribution >= 4 is 50.4 Å². The highest BCUT2D eigenvalue weighted by Crippen LogP contribution is 2.27. The van der Waals surface area contributed by atoms with Gasteiger partial charge in [0.1, 0.15) is 0 Å². The minimum Gasteiger partial charge on any atom is -0.381 e. The third-order valence-electron chi connectivity index (χ3n) is 2.85. The molecule has 1 heterocycles. The molecule has 0 amide bonds. The standard InChI is InChI=1S/C14H10Cl2N2S/c15-11-3-1-2-9(14(11)16)7-17-10-4-5-12-13(6-10)19-8-18-12/h1-6,8,17H,7H2. The lowest BCUT2D eigenvalue weighted by Crippen LogP contribution is -1.99. The molecule has 0 aliphatic heterocycles. The fraction of sp³-hybridized carbons (Fsp3) is 0.0714. The molecule has 0 atom stereocenters. The zero-order valence-electron chi connectivity index (χ0n) is 9.86. The third kappa shape index (κ3) is 2.68. The van der Waals surface area contributed by atoms with Crippen molar-refractivity contribution in [3.05, 3.63) is 57.5 Å². The van der Waals surface area contributed by atoms with Gasteiger partial charge in [-0.05, 0) is 29.8 Å². The molecular formula is C14H10Cl2N2S. The summed E-state index contributed by atoms with van der Waals surface area (Å²) in [5, 5.41) is 4.54. The molecule has 0 saturated carbocycles. The van der Waals surface area contributed by atoms with Gasteiger partial charge in [0.15, 0.2) is 0 Å². The lowest BCUT2D eigenvalue weighted by molar-refractivity contribution is 1.15. The first kappa shape index (κ1) is 12.7. The summed E-state index contributed by atoms with van der Waals surface area (Å²) in [4.78, 5) is 4.26. The average Bonchev–Trinajstić information content (AvgIpc) is 2.88. The molecule has 0 aliphatic rings. The minimum absolute atomic E-state index is 0.582. The van der Waals surface area contributed by atoms with Gasteiger partial charge in [-0.2, -0.15) is 0 Å². The highest BCUT2D eigenvalue weighted by atomic mass is 35.5. The van der Waals surface area contributed by atoms with Gasteiger partial charge in [0.25, 0.3) is 0 Å². The normalized spacial score (nSPS) is 10.8. The van der Waals surface area contributed by atoms with E-state index in [0.29, 0.717) is 16.6 Å². The second-order valence-corrected chi connectivity index (χ2v) is 5.77. The van der Waals surface area contributed by atoms with Crippen LogP contribution in [0.3, 0.4) is 0 Å². The van der Waals surface area contributed by atoms with Crippen molar-refractivity contribution in [3.63, 3.8) is 0 Å². The van der Waals surface area contributed by atoms with Crippen LogP contribution in [0.5, 0.6) is 0 Å². The number of anilines is 1. The number of hydrogen-bond donors (Lipinski definition) is 1. The zero-order valence-corrected chi connectivity index (χ0v) is 12.2. The van der Waals surface area contributed by atoms with E-state index in [1.165, 1.54) is 4.70 Å². The molecule has 0 radical (unpaired) electrons. The molecule has 5 heteroatoms. The average molecular weight is 309 g/mol. The Balaban J connectivity index is 1.80. The van der Waals surface area contributed by atoms with E-state index in [1.807, 2.05) is 29.8 Å². The first-order valence-electron chi connectivity index (χ1n) is 5.74. The number of benzene rings is 2. The number of rotatable bonds is 3. The number of halogens is 2. The van der Waals surface area contributed by atoms with Crippen molar-refractivity contribution in [1.82, 2.24) is 4.98 Å². The van der Waals surface area contributed by atoms with Crippen LogP contribution in [0, 0.1) is 0 Å². The molecule has 0 saturated heterocycles. The molecule has 1 N–H and O–H groups in total. The lowest BCUT2D eigenvalue weighted by Gasteiger charge is -2.09. The van der Waals surface area contributed by atoms with E-state index in [0.717, 1.165) is 16.8 Å². The maximum absolute atomic E-state index is 6.16. The summed E-state index contributed by atoms with van der Waals surface area (Å²) >= 11 is 13.8.